The number of urea groups is 1. The number of ether oxygens (including phenoxy) is 1. The first kappa shape index (κ1) is 18.0. The molecule has 2 amide bonds. The summed E-state index contributed by atoms with van der Waals surface area (Å²) in [6, 6.07) is 0.918. The first-order valence-electron chi connectivity index (χ1n) is 9.62. The van der Waals surface area contributed by atoms with Gasteiger partial charge < -0.3 is 19.9 Å². The van der Waals surface area contributed by atoms with Crippen molar-refractivity contribution in [3.8, 4) is 0 Å². The Morgan fingerprint density at radius 3 is 2.54 bits per heavy atom. The maximum absolute atomic E-state index is 12.3. The number of hydrogen-bond acceptors (Lipinski definition) is 4. The number of rotatable bonds is 6. The van der Waals surface area contributed by atoms with Gasteiger partial charge in [-0.1, -0.05) is 0 Å². The van der Waals surface area contributed by atoms with Gasteiger partial charge in [0.05, 0.1) is 12.2 Å². The van der Waals surface area contributed by atoms with Gasteiger partial charge >= 0.3 is 6.03 Å². The highest BCUT2D eigenvalue weighted by molar-refractivity contribution is 5.73. The van der Waals surface area contributed by atoms with Crippen LogP contribution in [0.1, 0.15) is 33.1 Å². The number of likely N-dealkylation sites (N-methyl/N-ethyl adjacent to an activating group) is 1. The fourth-order valence-electron chi connectivity index (χ4n) is 4.03. The molecule has 3 rings (SSSR count). The minimum Gasteiger partial charge on any atom is -0.373 e. The van der Waals surface area contributed by atoms with E-state index in [4.69, 9.17) is 4.74 Å². The molecule has 1 aliphatic carbocycles. The standard InChI is InChI=1S/C18H34N4O2/c1-14-11-21(12-15(2)24-14)9-8-20(3)18(23)19-10-16-6-7-22(13-16)17-4-5-17/h14-17H,4-13H2,1-3H3,(H,19,23)/t14-,15+,16-/m1/s1. The van der Waals surface area contributed by atoms with Gasteiger partial charge in [0.15, 0.2) is 0 Å². The smallest absolute Gasteiger partial charge is 0.317 e. The zero-order valence-electron chi connectivity index (χ0n) is 15.5. The Morgan fingerprint density at radius 2 is 1.88 bits per heavy atom. The van der Waals surface area contributed by atoms with Gasteiger partial charge in [-0.15, -0.1) is 0 Å². The van der Waals surface area contributed by atoms with Crippen LogP contribution < -0.4 is 5.32 Å². The van der Waals surface area contributed by atoms with Gasteiger partial charge in [0.1, 0.15) is 0 Å². The summed E-state index contributed by atoms with van der Waals surface area (Å²) < 4.78 is 5.76. The second-order valence-corrected chi connectivity index (χ2v) is 8.01. The molecule has 138 valence electrons. The van der Waals surface area contributed by atoms with Gasteiger partial charge in [0.2, 0.25) is 0 Å². The molecule has 0 aromatic rings. The zero-order valence-corrected chi connectivity index (χ0v) is 15.5. The van der Waals surface area contributed by atoms with Crippen LogP contribution in [0.4, 0.5) is 4.79 Å². The Balaban J connectivity index is 1.31. The van der Waals surface area contributed by atoms with Crippen LogP contribution in [0.3, 0.4) is 0 Å². The second kappa shape index (κ2) is 8.02. The van der Waals surface area contributed by atoms with Crippen LogP contribution in [0.15, 0.2) is 0 Å². The molecular formula is C18H34N4O2. The van der Waals surface area contributed by atoms with Crippen molar-refractivity contribution in [2.45, 2.75) is 51.4 Å². The minimum atomic E-state index is 0.0641. The lowest BCUT2D eigenvalue weighted by Gasteiger charge is -2.36. The van der Waals surface area contributed by atoms with Crippen molar-refractivity contribution in [1.82, 2.24) is 20.0 Å². The maximum atomic E-state index is 12.3. The number of likely N-dealkylation sites (tertiary alicyclic amines) is 1. The highest BCUT2D eigenvalue weighted by Gasteiger charge is 2.34. The van der Waals surface area contributed by atoms with Crippen LogP contribution in [0.5, 0.6) is 0 Å². The molecule has 24 heavy (non-hydrogen) atoms. The van der Waals surface area contributed by atoms with Crippen LogP contribution in [0.25, 0.3) is 0 Å². The van der Waals surface area contributed by atoms with Gasteiger partial charge in [-0.05, 0) is 45.6 Å². The summed E-state index contributed by atoms with van der Waals surface area (Å²) in [6.45, 7) is 11.0. The average Bonchev–Trinajstić information content (AvgIpc) is 3.28. The molecule has 0 aromatic carbocycles. The normalized spacial score (nSPS) is 32.0. The molecule has 3 atom stereocenters. The highest BCUT2D eigenvalue weighted by atomic mass is 16.5. The average molecular weight is 338 g/mol. The summed E-state index contributed by atoms with van der Waals surface area (Å²) >= 11 is 0. The lowest BCUT2D eigenvalue weighted by atomic mass is 10.1. The SMILES string of the molecule is C[C@@H]1CN(CCN(C)C(=O)NC[C@H]2CCN(C3CC3)C2)C[C@H](C)O1. The fraction of sp³-hybridized carbons (Fsp3) is 0.944. The van der Waals surface area contributed by atoms with E-state index in [9.17, 15) is 4.79 Å². The van der Waals surface area contributed by atoms with E-state index >= 15 is 0 Å². The van der Waals surface area contributed by atoms with E-state index in [1.54, 1.807) is 0 Å². The molecule has 2 heterocycles. The van der Waals surface area contributed by atoms with Crippen molar-refractivity contribution >= 4 is 6.03 Å². The topological polar surface area (TPSA) is 48.0 Å². The van der Waals surface area contributed by atoms with Gasteiger partial charge in [0, 0.05) is 52.4 Å². The van der Waals surface area contributed by atoms with E-state index in [1.165, 1.54) is 25.8 Å². The molecule has 0 unspecified atom stereocenters. The largest absolute Gasteiger partial charge is 0.373 e. The van der Waals surface area contributed by atoms with Gasteiger partial charge in [0.25, 0.3) is 0 Å². The molecule has 1 saturated carbocycles. The second-order valence-electron chi connectivity index (χ2n) is 8.01. The number of nitrogens with zero attached hydrogens (tertiary/aromatic N) is 3. The van der Waals surface area contributed by atoms with Crippen molar-refractivity contribution in [1.29, 1.82) is 0 Å². The monoisotopic (exact) mass is 338 g/mol. The van der Waals surface area contributed by atoms with Crippen molar-refractivity contribution in [3.63, 3.8) is 0 Å². The Kier molecular flexibility index (Phi) is 6.00. The molecule has 0 spiro atoms. The lowest BCUT2D eigenvalue weighted by Crippen LogP contribution is -2.49. The fourth-order valence-corrected chi connectivity index (χ4v) is 4.03. The highest BCUT2D eigenvalue weighted by Crippen LogP contribution is 2.31. The molecule has 2 aliphatic heterocycles. The van der Waals surface area contributed by atoms with Crippen molar-refractivity contribution in [3.05, 3.63) is 0 Å². The quantitative estimate of drug-likeness (QED) is 0.791. The third-order valence-corrected chi connectivity index (χ3v) is 5.52. The molecule has 0 radical (unpaired) electrons. The predicted molar refractivity (Wildman–Crippen MR) is 95.2 cm³/mol. The molecule has 6 heteroatoms. The zero-order chi connectivity index (χ0) is 17.1. The number of nitrogens with one attached hydrogen (secondary N) is 1. The Labute approximate surface area is 146 Å². The number of hydrogen-bond donors (Lipinski definition) is 1. The Morgan fingerprint density at radius 1 is 1.17 bits per heavy atom. The summed E-state index contributed by atoms with van der Waals surface area (Å²) in [7, 11) is 1.90. The van der Waals surface area contributed by atoms with E-state index < -0.39 is 0 Å². The first-order valence-corrected chi connectivity index (χ1v) is 9.62. The van der Waals surface area contributed by atoms with E-state index in [0.29, 0.717) is 5.92 Å². The van der Waals surface area contributed by atoms with E-state index in [0.717, 1.165) is 45.3 Å². The summed E-state index contributed by atoms with van der Waals surface area (Å²) in [4.78, 5) is 19.1. The van der Waals surface area contributed by atoms with Crippen molar-refractivity contribution in [2.24, 2.45) is 5.92 Å². The Bertz CT molecular complexity index is 419. The summed E-state index contributed by atoms with van der Waals surface area (Å²) in [5.41, 5.74) is 0. The molecule has 6 nitrogen and oxygen atoms in total. The Hall–Kier alpha value is -0.850. The molecule has 3 fully saturated rings. The molecule has 3 aliphatic rings. The van der Waals surface area contributed by atoms with Gasteiger partial charge in [-0.2, -0.15) is 0 Å². The molecule has 1 N–H and O–H groups in total. The summed E-state index contributed by atoms with van der Waals surface area (Å²) in [5.74, 6) is 0.629. The number of carbonyl (C=O) groups excluding carboxylic acids is 1. The molecule has 2 saturated heterocycles. The van der Waals surface area contributed by atoms with Crippen LogP contribution >= 0.6 is 0 Å². The molecule has 0 bridgehead atoms. The van der Waals surface area contributed by atoms with Gasteiger partial charge in [-0.25, -0.2) is 4.79 Å². The first-order chi connectivity index (χ1) is 11.5. The number of morpholine rings is 1. The van der Waals surface area contributed by atoms with Crippen molar-refractivity contribution in [2.75, 3.05) is 52.9 Å². The summed E-state index contributed by atoms with van der Waals surface area (Å²) in [5, 5.41) is 3.13. The van der Waals surface area contributed by atoms with Crippen LogP contribution in [-0.4, -0.2) is 91.8 Å². The molecule has 0 aromatic heterocycles. The number of carbonyl (C=O) groups is 1. The van der Waals surface area contributed by atoms with Crippen LogP contribution in [0.2, 0.25) is 0 Å². The van der Waals surface area contributed by atoms with E-state index in [2.05, 4.69) is 29.0 Å². The summed E-state index contributed by atoms with van der Waals surface area (Å²) in [6.07, 6.45) is 4.54. The number of amides is 2. The third kappa shape index (κ3) is 5.07. The van der Waals surface area contributed by atoms with E-state index in [-0.39, 0.29) is 18.2 Å². The van der Waals surface area contributed by atoms with E-state index in [1.807, 2.05) is 11.9 Å². The minimum absolute atomic E-state index is 0.0641. The van der Waals surface area contributed by atoms with Crippen LogP contribution in [-0.2, 0) is 4.74 Å². The lowest BCUT2D eigenvalue weighted by molar-refractivity contribution is -0.0684. The van der Waals surface area contributed by atoms with Gasteiger partial charge in [-0.3, -0.25) is 4.90 Å². The third-order valence-electron chi connectivity index (χ3n) is 5.52. The van der Waals surface area contributed by atoms with Crippen molar-refractivity contribution < 1.29 is 9.53 Å². The van der Waals surface area contributed by atoms with Crippen LogP contribution in [0, 0.1) is 5.92 Å². The predicted octanol–water partition coefficient (Wildman–Crippen LogP) is 1.22. The maximum Gasteiger partial charge on any atom is 0.317 e. The molecular weight excluding hydrogens is 304 g/mol.